The van der Waals surface area contributed by atoms with Gasteiger partial charge in [0.1, 0.15) is 17.3 Å². The van der Waals surface area contributed by atoms with Crippen molar-refractivity contribution in [3.8, 4) is 16.9 Å². The van der Waals surface area contributed by atoms with Gasteiger partial charge in [0.15, 0.2) is 5.65 Å². The van der Waals surface area contributed by atoms with Crippen molar-refractivity contribution in [2.75, 3.05) is 38.7 Å². The maximum Gasteiger partial charge on any atom is 0.254 e. The first-order valence-electron chi connectivity index (χ1n) is 13.8. The van der Waals surface area contributed by atoms with Gasteiger partial charge in [-0.25, -0.2) is 8.91 Å². The normalized spacial score (nSPS) is 13.2. The molecular formula is C32H29FN6O4. The van der Waals surface area contributed by atoms with E-state index < -0.39 is 0 Å². The molecule has 0 saturated carbocycles. The maximum absolute atomic E-state index is 13.1. The van der Waals surface area contributed by atoms with E-state index in [0.29, 0.717) is 60.6 Å². The molecule has 0 atom stereocenters. The molecule has 1 N–H and O–H groups in total. The second-order valence-electron chi connectivity index (χ2n) is 10.2. The van der Waals surface area contributed by atoms with Crippen molar-refractivity contribution in [1.82, 2.24) is 24.5 Å². The van der Waals surface area contributed by atoms with Crippen LogP contribution in [0.5, 0.6) is 5.75 Å². The van der Waals surface area contributed by atoms with E-state index in [4.69, 9.17) is 9.47 Å². The van der Waals surface area contributed by atoms with Gasteiger partial charge < -0.3 is 19.7 Å². The van der Waals surface area contributed by atoms with Gasteiger partial charge in [-0.15, -0.1) is 5.10 Å². The number of nitrogens with one attached hydrogen (secondary N) is 1. The van der Waals surface area contributed by atoms with E-state index in [0.717, 1.165) is 16.7 Å². The fraction of sp³-hybridized carbons (Fsp3) is 0.219. The Morgan fingerprint density at radius 3 is 2.51 bits per heavy atom. The molecular weight excluding hydrogens is 551 g/mol. The minimum absolute atomic E-state index is 0.00546. The molecule has 10 nitrogen and oxygen atoms in total. The van der Waals surface area contributed by atoms with Crippen molar-refractivity contribution in [3.63, 3.8) is 0 Å². The molecule has 0 unspecified atom stereocenters. The van der Waals surface area contributed by atoms with Crippen LogP contribution in [0, 0.1) is 5.82 Å². The summed E-state index contributed by atoms with van der Waals surface area (Å²) in [5.74, 6) is 0.488. The number of anilines is 2. The Morgan fingerprint density at radius 1 is 0.977 bits per heavy atom. The van der Waals surface area contributed by atoms with E-state index in [1.165, 1.54) is 12.1 Å². The maximum atomic E-state index is 13.1. The zero-order chi connectivity index (χ0) is 29.8. The van der Waals surface area contributed by atoms with E-state index in [1.807, 2.05) is 30.5 Å². The highest BCUT2D eigenvalue weighted by Crippen LogP contribution is 2.29. The second kappa shape index (κ2) is 12.4. The fourth-order valence-corrected chi connectivity index (χ4v) is 4.90. The number of pyridine rings is 2. The Labute approximate surface area is 247 Å². The molecule has 11 heteroatoms. The van der Waals surface area contributed by atoms with E-state index >= 15 is 0 Å². The summed E-state index contributed by atoms with van der Waals surface area (Å²) >= 11 is 0. The predicted octanol–water partition coefficient (Wildman–Crippen LogP) is 4.51. The number of Topliss-reactive ketones (excluding diaryl/α,β-unsaturated/α-hetero) is 1. The molecule has 2 aromatic carbocycles. The number of ketones is 1. The Balaban J connectivity index is 1.13. The van der Waals surface area contributed by atoms with Crippen molar-refractivity contribution < 1.29 is 23.5 Å². The number of aromatic nitrogens is 4. The smallest absolute Gasteiger partial charge is 0.254 e. The predicted molar refractivity (Wildman–Crippen MR) is 158 cm³/mol. The highest BCUT2D eigenvalue weighted by atomic mass is 19.1. The van der Waals surface area contributed by atoms with Gasteiger partial charge in [0.2, 0.25) is 5.95 Å². The fourth-order valence-electron chi connectivity index (χ4n) is 4.90. The molecule has 0 bridgehead atoms. The number of carbonyl (C=O) groups is 2. The van der Waals surface area contributed by atoms with Gasteiger partial charge in [0.05, 0.1) is 26.0 Å². The molecule has 43 heavy (non-hydrogen) atoms. The number of methoxy groups -OCH3 is 1. The first-order valence-corrected chi connectivity index (χ1v) is 13.8. The molecule has 1 aliphatic rings. The summed E-state index contributed by atoms with van der Waals surface area (Å²) in [6.07, 6.45) is 4.00. The van der Waals surface area contributed by atoms with E-state index in [2.05, 4.69) is 20.4 Å². The van der Waals surface area contributed by atoms with Crippen LogP contribution in [0.15, 0.2) is 79.1 Å². The first kappa shape index (κ1) is 28.0. The van der Waals surface area contributed by atoms with Crippen LogP contribution in [0.25, 0.3) is 16.8 Å². The first-order chi connectivity index (χ1) is 20.9. The summed E-state index contributed by atoms with van der Waals surface area (Å²) in [5, 5.41) is 7.75. The highest BCUT2D eigenvalue weighted by Gasteiger charge is 2.20. The van der Waals surface area contributed by atoms with E-state index in [-0.39, 0.29) is 30.3 Å². The summed E-state index contributed by atoms with van der Waals surface area (Å²) < 4.78 is 25.7. The van der Waals surface area contributed by atoms with Crippen LogP contribution in [-0.4, -0.2) is 69.6 Å². The van der Waals surface area contributed by atoms with Gasteiger partial charge in [0, 0.05) is 60.7 Å². The van der Waals surface area contributed by atoms with Crippen LogP contribution < -0.4 is 10.1 Å². The number of carbonyl (C=O) groups excluding carboxylic acids is 2. The van der Waals surface area contributed by atoms with Crippen molar-refractivity contribution in [2.24, 2.45) is 0 Å². The monoisotopic (exact) mass is 580 g/mol. The zero-order valence-corrected chi connectivity index (χ0v) is 23.5. The van der Waals surface area contributed by atoms with E-state index in [1.54, 1.807) is 53.1 Å². The number of halogens is 1. The van der Waals surface area contributed by atoms with Gasteiger partial charge >= 0.3 is 0 Å². The van der Waals surface area contributed by atoms with Gasteiger partial charge in [-0.2, -0.15) is 4.98 Å². The molecule has 1 fully saturated rings. The van der Waals surface area contributed by atoms with Gasteiger partial charge in [-0.3, -0.25) is 14.6 Å². The molecule has 1 aliphatic heterocycles. The Morgan fingerprint density at radius 2 is 1.77 bits per heavy atom. The van der Waals surface area contributed by atoms with Crippen LogP contribution in [0.2, 0.25) is 0 Å². The third-order valence-corrected chi connectivity index (χ3v) is 7.18. The minimum Gasteiger partial charge on any atom is -0.495 e. The number of hydrogen-bond donors (Lipinski definition) is 1. The highest BCUT2D eigenvalue weighted by molar-refractivity contribution is 5.95. The Kier molecular flexibility index (Phi) is 8.05. The van der Waals surface area contributed by atoms with Gasteiger partial charge in [-0.1, -0.05) is 18.2 Å². The molecule has 0 aliphatic carbocycles. The summed E-state index contributed by atoms with van der Waals surface area (Å²) in [5.41, 5.74) is 4.98. The molecule has 6 rings (SSSR count). The number of morpholine rings is 1. The third kappa shape index (κ3) is 6.52. The molecule has 3 aromatic heterocycles. The lowest BCUT2D eigenvalue weighted by atomic mass is 10.0. The molecule has 1 amide bonds. The number of amides is 1. The molecule has 1 saturated heterocycles. The summed E-state index contributed by atoms with van der Waals surface area (Å²) in [7, 11) is 1.55. The SMILES string of the molecule is COc1cc(C(=O)N2CCOCC2)ccc1Nc1nc2ccc(-c3ccc(CC(=O)Cc4ccc(F)cc4)nc3)cn2n1. The van der Waals surface area contributed by atoms with Crippen molar-refractivity contribution in [2.45, 2.75) is 12.8 Å². The molecule has 4 heterocycles. The van der Waals surface area contributed by atoms with Gasteiger partial charge in [0.25, 0.3) is 5.91 Å². The van der Waals surface area contributed by atoms with Crippen molar-refractivity contribution >= 4 is 29.0 Å². The molecule has 0 spiro atoms. The van der Waals surface area contributed by atoms with Crippen LogP contribution in [0.3, 0.4) is 0 Å². The summed E-state index contributed by atoms with van der Waals surface area (Å²) in [6, 6.07) is 18.7. The van der Waals surface area contributed by atoms with Crippen LogP contribution >= 0.6 is 0 Å². The number of rotatable bonds is 9. The quantitative estimate of drug-likeness (QED) is 0.271. The zero-order valence-electron chi connectivity index (χ0n) is 23.5. The number of hydrogen-bond acceptors (Lipinski definition) is 8. The lowest BCUT2D eigenvalue weighted by molar-refractivity contribution is -0.117. The van der Waals surface area contributed by atoms with Crippen LogP contribution in [0.4, 0.5) is 16.0 Å². The lowest BCUT2D eigenvalue weighted by Gasteiger charge is -2.27. The van der Waals surface area contributed by atoms with Gasteiger partial charge in [-0.05, 0) is 54.1 Å². The number of nitrogens with zero attached hydrogens (tertiary/aromatic N) is 5. The van der Waals surface area contributed by atoms with Crippen LogP contribution in [0.1, 0.15) is 21.6 Å². The van der Waals surface area contributed by atoms with Crippen molar-refractivity contribution in [3.05, 3.63) is 102 Å². The molecule has 5 aromatic rings. The number of ether oxygens (including phenoxy) is 2. The molecule has 0 radical (unpaired) electrons. The Bertz CT molecular complexity index is 1770. The largest absolute Gasteiger partial charge is 0.495 e. The molecule has 218 valence electrons. The number of benzene rings is 2. The van der Waals surface area contributed by atoms with Crippen molar-refractivity contribution in [1.29, 1.82) is 0 Å². The summed E-state index contributed by atoms with van der Waals surface area (Å²) in [4.78, 5) is 36.2. The standard InChI is InChI=1S/C32H29FN6O4/c1-42-29-17-22(31(41)38-12-14-43-15-13-38)5-10-28(29)35-32-36-30-11-6-24(20-39(30)37-32)23-4-9-26(34-19-23)18-27(40)16-21-2-7-25(33)8-3-21/h2-11,17,19-20H,12-16,18H2,1H3,(H,35,37). The minimum atomic E-state index is -0.325. The second-order valence-corrected chi connectivity index (χ2v) is 10.2. The average molecular weight is 581 g/mol. The van der Waals surface area contributed by atoms with Crippen LogP contribution in [-0.2, 0) is 22.4 Å². The lowest BCUT2D eigenvalue weighted by Crippen LogP contribution is -2.40. The third-order valence-electron chi connectivity index (χ3n) is 7.18. The van der Waals surface area contributed by atoms with E-state index in [9.17, 15) is 14.0 Å². The average Bonchev–Trinajstić information content (AvgIpc) is 3.44. The Hall–Kier alpha value is -5.16. The summed E-state index contributed by atoms with van der Waals surface area (Å²) in [6.45, 7) is 2.19. The number of fused-ring (bicyclic) bond motifs is 1. The topological polar surface area (TPSA) is 111 Å².